The van der Waals surface area contributed by atoms with Crippen molar-refractivity contribution in [2.75, 3.05) is 6.61 Å². The van der Waals surface area contributed by atoms with Gasteiger partial charge in [-0.1, -0.05) is 24.3 Å². The van der Waals surface area contributed by atoms with Gasteiger partial charge in [0.1, 0.15) is 4.60 Å². The molecule has 1 unspecified atom stereocenters. The van der Waals surface area contributed by atoms with Crippen molar-refractivity contribution >= 4 is 56.2 Å². The smallest absolute Gasteiger partial charge is 0.358 e. The molecule has 8 nitrogen and oxygen atoms in total. The van der Waals surface area contributed by atoms with Gasteiger partial charge >= 0.3 is 17.2 Å². The highest BCUT2D eigenvalue weighted by atomic mass is 79.9. The molecule has 2 aromatic carbocycles. The lowest BCUT2D eigenvalue weighted by atomic mass is 9.99. The van der Waals surface area contributed by atoms with Crippen molar-refractivity contribution in [1.82, 2.24) is 9.55 Å². The molecule has 0 saturated carbocycles. The van der Waals surface area contributed by atoms with Gasteiger partial charge < -0.3 is 9.84 Å². The van der Waals surface area contributed by atoms with Crippen molar-refractivity contribution < 1.29 is 33.0 Å². The molecule has 1 heterocycles. The average Bonchev–Trinajstić information content (AvgIpc) is 3.16. The lowest BCUT2D eigenvalue weighted by Gasteiger charge is -2.19. The summed E-state index contributed by atoms with van der Waals surface area (Å²) in [5.74, 6) is -5.62. The number of rotatable bonds is 10. The minimum atomic E-state index is -4.02. The van der Waals surface area contributed by atoms with Crippen LogP contribution in [0, 0.1) is 17.2 Å². The van der Waals surface area contributed by atoms with Crippen LogP contribution < -0.4 is 0 Å². The van der Waals surface area contributed by atoms with E-state index in [1.54, 1.807) is 36.4 Å². The summed E-state index contributed by atoms with van der Waals surface area (Å²) in [7, 11) is 0. The maximum absolute atomic E-state index is 15.0. The van der Waals surface area contributed by atoms with E-state index in [0.29, 0.717) is 26.6 Å². The Morgan fingerprint density at radius 3 is 2.54 bits per heavy atom. The predicted octanol–water partition coefficient (Wildman–Crippen LogP) is 4.96. The standard InChI is InChI=1S/C23H18BrF2N3O5S/c1-2-34-21(33)14(10-20(31)32)9-18(30)23(25,26)35-22-28-12-19(24)29(22)17-8-7-13(11-27)15-5-3-4-6-16(15)17/h3-8,12,14H,2,9-10H2,1H3,(H,31,32). The first-order valence-corrected chi connectivity index (χ1v) is 11.8. The number of thioether (sulfide) groups is 1. The molecule has 3 aromatic rings. The second-order valence-corrected chi connectivity index (χ2v) is 9.18. The summed E-state index contributed by atoms with van der Waals surface area (Å²) in [5.41, 5.74) is 0.851. The SMILES string of the molecule is CCOC(=O)C(CC(=O)O)CC(=O)C(F)(F)Sc1ncc(Br)n1-c1ccc(C#N)c2ccccc12. The summed E-state index contributed by atoms with van der Waals surface area (Å²) < 4.78 is 36.4. The van der Waals surface area contributed by atoms with Crippen LogP contribution in [0.5, 0.6) is 0 Å². The van der Waals surface area contributed by atoms with Crippen LogP contribution >= 0.6 is 27.7 Å². The van der Waals surface area contributed by atoms with Crippen molar-refractivity contribution in [1.29, 1.82) is 5.26 Å². The number of fused-ring (bicyclic) bond motifs is 1. The molecule has 0 amide bonds. The molecule has 0 aliphatic rings. The van der Waals surface area contributed by atoms with Crippen LogP contribution in [0.15, 0.2) is 52.4 Å². The maximum Gasteiger partial charge on any atom is 0.358 e. The van der Waals surface area contributed by atoms with Crippen molar-refractivity contribution in [3.8, 4) is 11.8 Å². The molecule has 0 spiro atoms. The van der Waals surface area contributed by atoms with Gasteiger partial charge in [0, 0.05) is 17.2 Å². The molecule has 1 N–H and O–H groups in total. The zero-order valence-corrected chi connectivity index (χ0v) is 20.6. The van der Waals surface area contributed by atoms with Crippen LogP contribution in [0.2, 0.25) is 0 Å². The Kier molecular flexibility index (Phi) is 8.24. The maximum atomic E-state index is 15.0. The van der Waals surface area contributed by atoms with E-state index in [4.69, 9.17) is 9.84 Å². The van der Waals surface area contributed by atoms with E-state index in [0.717, 1.165) is 0 Å². The minimum Gasteiger partial charge on any atom is -0.481 e. The largest absolute Gasteiger partial charge is 0.481 e. The third kappa shape index (κ3) is 5.86. The van der Waals surface area contributed by atoms with E-state index >= 15 is 0 Å². The number of nitriles is 1. The van der Waals surface area contributed by atoms with Gasteiger partial charge in [-0.3, -0.25) is 19.0 Å². The number of imidazole rings is 1. The van der Waals surface area contributed by atoms with Crippen molar-refractivity contribution in [2.45, 2.75) is 30.2 Å². The van der Waals surface area contributed by atoms with E-state index in [1.165, 1.54) is 17.7 Å². The Labute approximate surface area is 211 Å². The second-order valence-electron chi connectivity index (χ2n) is 7.28. The van der Waals surface area contributed by atoms with Crippen molar-refractivity contribution in [2.24, 2.45) is 5.92 Å². The normalized spacial score (nSPS) is 12.2. The highest BCUT2D eigenvalue weighted by molar-refractivity contribution is 9.10. The third-order valence-electron chi connectivity index (χ3n) is 4.97. The average molecular weight is 566 g/mol. The van der Waals surface area contributed by atoms with Crippen molar-refractivity contribution in [3.05, 3.63) is 52.8 Å². The number of esters is 1. The number of alkyl halides is 2. The molecule has 0 saturated heterocycles. The molecule has 0 aliphatic heterocycles. The van der Waals surface area contributed by atoms with Crippen LogP contribution in [0.3, 0.4) is 0 Å². The number of ketones is 1. The Morgan fingerprint density at radius 2 is 1.91 bits per heavy atom. The van der Waals surface area contributed by atoms with Crippen LogP contribution in [-0.2, 0) is 19.1 Å². The molecule has 35 heavy (non-hydrogen) atoms. The molecular weight excluding hydrogens is 548 g/mol. The lowest BCUT2D eigenvalue weighted by Crippen LogP contribution is -2.31. The number of benzene rings is 2. The number of halogens is 3. The topological polar surface area (TPSA) is 122 Å². The zero-order chi connectivity index (χ0) is 25.8. The summed E-state index contributed by atoms with van der Waals surface area (Å²) in [4.78, 5) is 39.5. The Bertz CT molecular complexity index is 1340. The first kappa shape index (κ1) is 26.3. The number of hydrogen-bond acceptors (Lipinski definition) is 7. The minimum absolute atomic E-state index is 0.0850. The molecule has 1 aromatic heterocycles. The first-order valence-electron chi connectivity index (χ1n) is 10.2. The highest BCUT2D eigenvalue weighted by Gasteiger charge is 2.44. The Morgan fingerprint density at radius 1 is 1.23 bits per heavy atom. The number of aliphatic carboxylic acids is 1. The summed E-state index contributed by atoms with van der Waals surface area (Å²) in [6, 6.07) is 12.2. The molecule has 3 rings (SSSR count). The Hall–Kier alpha value is -3.30. The van der Waals surface area contributed by atoms with E-state index in [2.05, 4.69) is 27.0 Å². The monoisotopic (exact) mass is 565 g/mol. The molecule has 0 radical (unpaired) electrons. The summed E-state index contributed by atoms with van der Waals surface area (Å²) in [6.45, 7) is 1.39. The van der Waals surface area contributed by atoms with Crippen LogP contribution in [0.4, 0.5) is 8.78 Å². The molecule has 0 fully saturated rings. The zero-order valence-electron chi connectivity index (χ0n) is 18.2. The van der Waals surface area contributed by atoms with Gasteiger partial charge in [0.2, 0.25) is 5.78 Å². The van der Waals surface area contributed by atoms with Gasteiger partial charge in [-0.15, -0.1) is 0 Å². The summed E-state index contributed by atoms with van der Waals surface area (Å²) in [5, 5.41) is 15.3. The van der Waals surface area contributed by atoms with Gasteiger partial charge in [0.05, 0.1) is 42.5 Å². The number of hydrogen-bond donors (Lipinski definition) is 1. The van der Waals surface area contributed by atoms with Gasteiger partial charge in [-0.05, 0) is 46.7 Å². The number of carboxylic acids is 1. The second kappa shape index (κ2) is 11.0. The van der Waals surface area contributed by atoms with E-state index < -0.39 is 41.7 Å². The highest BCUT2D eigenvalue weighted by Crippen LogP contribution is 2.41. The van der Waals surface area contributed by atoms with E-state index in [9.17, 15) is 28.4 Å². The fraction of sp³-hybridized carbons (Fsp3) is 0.261. The molecule has 0 aliphatic carbocycles. The van der Waals surface area contributed by atoms with Gasteiger partial charge in [0.15, 0.2) is 5.16 Å². The Balaban J connectivity index is 1.94. The fourth-order valence-electron chi connectivity index (χ4n) is 3.40. The molecular formula is C23H18BrF2N3O5S. The number of ether oxygens (including phenoxy) is 1. The van der Waals surface area contributed by atoms with Crippen LogP contribution in [0.25, 0.3) is 16.5 Å². The fourth-order valence-corrected chi connectivity index (χ4v) is 4.80. The number of carbonyl (C=O) groups excluding carboxylic acids is 2. The van der Waals surface area contributed by atoms with Gasteiger partial charge in [-0.25, -0.2) is 4.98 Å². The molecule has 0 bridgehead atoms. The van der Waals surface area contributed by atoms with E-state index in [1.807, 2.05) is 0 Å². The summed E-state index contributed by atoms with van der Waals surface area (Å²) in [6.07, 6.45) is -0.531. The van der Waals surface area contributed by atoms with Crippen LogP contribution in [0.1, 0.15) is 25.3 Å². The summed E-state index contributed by atoms with van der Waals surface area (Å²) >= 11 is 3.16. The number of carboxylic acid groups (broad SMARTS) is 1. The first-order chi connectivity index (χ1) is 16.6. The third-order valence-corrected chi connectivity index (χ3v) is 6.48. The number of aromatic nitrogens is 2. The number of nitrogens with zero attached hydrogens (tertiary/aromatic N) is 3. The van der Waals surface area contributed by atoms with Gasteiger partial charge in [0.25, 0.3) is 0 Å². The van der Waals surface area contributed by atoms with Crippen LogP contribution in [-0.4, -0.2) is 44.2 Å². The molecule has 12 heteroatoms. The lowest BCUT2D eigenvalue weighted by molar-refractivity contribution is -0.155. The number of Topliss-reactive ketones (excluding diaryl/α,β-unsaturated/α-hetero) is 1. The van der Waals surface area contributed by atoms with Gasteiger partial charge in [-0.2, -0.15) is 14.0 Å². The predicted molar refractivity (Wildman–Crippen MR) is 126 cm³/mol. The number of carbonyl (C=O) groups is 3. The molecule has 182 valence electrons. The van der Waals surface area contributed by atoms with E-state index in [-0.39, 0.29) is 23.5 Å². The molecule has 1 atom stereocenters. The van der Waals surface area contributed by atoms with Crippen molar-refractivity contribution in [3.63, 3.8) is 0 Å². The quantitative estimate of drug-likeness (QED) is 0.270.